The van der Waals surface area contributed by atoms with E-state index in [0.717, 1.165) is 5.56 Å². The van der Waals surface area contributed by atoms with Crippen molar-refractivity contribution in [2.45, 2.75) is 39.9 Å². The first-order valence-corrected chi connectivity index (χ1v) is 9.48. The van der Waals surface area contributed by atoms with Crippen molar-refractivity contribution in [1.82, 2.24) is 14.4 Å². The summed E-state index contributed by atoms with van der Waals surface area (Å²) in [6, 6.07) is 13.6. The van der Waals surface area contributed by atoms with Crippen LogP contribution in [-0.2, 0) is 17.0 Å². The Kier molecular flexibility index (Phi) is 6.80. The normalized spacial score (nSPS) is 20.0. The van der Waals surface area contributed by atoms with Crippen molar-refractivity contribution in [3.8, 4) is 0 Å². The Hall–Kier alpha value is -2.60. The highest BCUT2D eigenvalue weighted by molar-refractivity contribution is 5.95. The SMILES string of the molecule is CC.CC(=O)N1CCN2C(=O)c3cccn3CC12c1ccccc1.CCO. The Morgan fingerprint density at radius 3 is 2.33 bits per heavy atom. The van der Waals surface area contributed by atoms with Crippen LogP contribution in [0, 0.1) is 0 Å². The van der Waals surface area contributed by atoms with E-state index in [2.05, 4.69) is 0 Å². The molecule has 4 rings (SSSR count). The maximum Gasteiger partial charge on any atom is 0.272 e. The molecule has 2 aliphatic rings. The Bertz CT molecular complexity index is 772. The number of amides is 2. The van der Waals surface area contributed by atoms with Crippen molar-refractivity contribution < 1.29 is 14.7 Å². The molecule has 2 amide bonds. The van der Waals surface area contributed by atoms with Gasteiger partial charge in [-0.3, -0.25) is 9.59 Å². The molecule has 0 radical (unpaired) electrons. The van der Waals surface area contributed by atoms with Crippen LogP contribution in [0.3, 0.4) is 0 Å². The van der Waals surface area contributed by atoms with E-state index in [9.17, 15) is 9.59 Å². The van der Waals surface area contributed by atoms with Gasteiger partial charge in [0.2, 0.25) is 5.91 Å². The lowest BCUT2D eigenvalue weighted by Crippen LogP contribution is -2.59. The van der Waals surface area contributed by atoms with Crippen molar-refractivity contribution >= 4 is 11.8 Å². The number of carbonyl (C=O) groups excluding carboxylic acids is 2. The number of hydrogen-bond donors (Lipinski definition) is 1. The van der Waals surface area contributed by atoms with Gasteiger partial charge < -0.3 is 19.5 Å². The lowest BCUT2D eigenvalue weighted by atomic mass is 9.94. The van der Waals surface area contributed by atoms with Gasteiger partial charge >= 0.3 is 0 Å². The van der Waals surface area contributed by atoms with Gasteiger partial charge in [-0.2, -0.15) is 0 Å². The first-order chi connectivity index (χ1) is 13.1. The molecule has 1 unspecified atom stereocenters. The molecule has 1 atom stereocenters. The fourth-order valence-corrected chi connectivity index (χ4v) is 3.80. The molecule has 27 heavy (non-hydrogen) atoms. The largest absolute Gasteiger partial charge is 0.397 e. The van der Waals surface area contributed by atoms with Crippen LogP contribution in [0.15, 0.2) is 48.7 Å². The first-order valence-electron chi connectivity index (χ1n) is 9.48. The predicted molar refractivity (Wildman–Crippen MR) is 105 cm³/mol. The Morgan fingerprint density at radius 1 is 1.11 bits per heavy atom. The maximum absolute atomic E-state index is 12.9. The summed E-state index contributed by atoms with van der Waals surface area (Å²) in [6.45, 7) is 9.22. The second-order valence-electron chi connectivity index (χ2n) is 6.15. The van der Waals surface area contributed by atoms with E-state index in [1.165, 1.54) is 0 Å². The van der Waals surface area contributed by atoms with Gasteiger partial charge in [-0.1, -0.05) is 44.2 Å². The van der Waals surface area contributed by atoms with Crippen molar-refractivity contribution in [3.05, 3.63) is 59.9 Å². The van der Waals surface area contributed by atoms with Gasteiger partial charge in [-0.05, 0) is 24.6 Å². The number of aliphatic hydroxyl groups is 1. The maximum atomic E-state index is 12.9. The van der Waals surface area contributed by atoms with Gasteiger partial charge in [0.05, 0.1) is 6.54 Å². The van der Waals surface area contributed by atoms with E-state index < -0.39 is 5.66 Å². The zero-order valence-corrected chi connectivity index (χ0v) is 16.6. The number of rotatable bonds is 1. The molecule has 0 saturated carbocycles. The molecule has 2 aromatic rings. The van der Waals surface area contributed by atoms with Crippen molar-refractivity contribution in [2.75, 3.05) is 19.7 Å². The second-order valence-corrected chi connectivity index (χ2v) is 6.15. The molecule has 1 aromatic heterocycles. The molecule has 1 aromatic carbocycles. The number of carbonyl (C=O) groups is 2. The minimum atomic E-state index is -0.712. The van der Waals surface area contributed by atoms with Crippen LogP contribution in [0.2, 0.25) is 0 Å². The van der Waals surface area contributed by atoms with Gasteiger partial charge in [0.1, 0.15) is 5.69 Å². The number of hydrogen-bond acceptors (Lipinski definition) is 3. The molecule has 0 bridgehead atoms. The summed E-state index contributed by atoms with van der Waals surface area (Å²) in [4.78, 5) is 28.8. The molecule has 146 valence electrons. The summed E-state index contributed by atoms with van der Waals surface area (Å²) in [6.07, 6.45) is 1.91. The molecule has 0 spiro atoms. The number of fused-ring (bicyclic) bond motifs is 2. The quantitative estimate of drug-likeness (QED) is 0.838. The number of aliphatic hydroxyl groups excluding tert-OH is 1. The smallest absolute Gasteiger partial charge is 0.272 e. The van der Waals surface area contributed by atoms with E-state index in [1.54, 1.807) is 13.8 Å². The molecule has 3 heterocycles. The standard InChI is InChI=1S/C17H17N3O2.C2H6O.C2H6/c1-13(21)19-10-11-20-16(22)15-8-5-9-18(15)12-17(19,20)14-6-3-2-4-7-14;1-2-3;1-2/h2-9H,10-12H2,1H3;3H,2H2,1H3;1-2H3. The monoisotopic (exact) mass is 371 g/mol. The van der Waals surface area contributed by atoms with Crippen molar-refractivity contribution in [3.63, 3.8) is 0 Å². The zero-order valence-electron chi connectivity index (χ0n) is 16.6. The minimum absolute atomic E-state index is 0.00485. The number of nitrogens with zero attached hydrogens (tertiary/aromatic N) is 3. The second kappa shape index (κ2) is 8.86. The molecule has 1 saturated heterocycles. The zero-order chi connectivity index (χ0) is 20.0. The summed E-state index contributed by atoms with van der Waals surface area (Å²) in [5, 5.41) is 7.57. The van der Waals surface area contributed by atoms with E-state index >= 15 is 0 Å². The lowest BCUT2D eigenvalue weighted by molar-refractivity contribution is -0.138. The van der Waals surface area contributed by atoms with E-state index in [1.807, 2.05) is 76.9 Å². The average molecular weight is 371 g/mol. The van der Waals surface area contributed by atoms with Crippen LogP contribution in [0.5, 0.6) is 0 Å². The van der Waals surface area contributed by atoms with Gasteiger partial charge in [-0.15, -0.1) is 0 Å². The third-order valence-corrected chi connectivity index (χ3v) is 4.74. The highest BCUT2D eigenvalue weighted by atomic mass is 16.2. The molecule has 1 N–H and O–H groups in total. The van der Waals surface area contributed by atoms with E-state index in [4.69, 9.17) is 5.11 Å². The lowest BCUT2D eigenvalue weighted by Gasteiger charge is -2.47. The van der Waals surface area contributed by atoms with Gasteiger partial charge in [0.15, 0.2) is 5.66 Å². The molecular weight excluding hydrogens is 342 g/mol. The summed E-state index contributed by atoms with van der Waals surface area (Å²) in [5.74, 6) is -0.0152. The van der Waals surface area contributed by atoms with Gasteiger partial charge in [0, 0.05) is 32.8 Å². The number of benzene rings is 1. The van der Waals surface area contributed by atoms with Crippen molar-refractivity contribution in [2.24, 2.45) is 0 Å². The minimum Gasteiger partial charge on any atom is -0.397 e. The van der Waals surface area contributed by atoms with Crippen LogP contribution in [-0.4, -0.2) is 51.0 Å². The average Bonchev–Trinajstić information content (AvgIpc) is 3.30. The fraction of sp³-hybridized carbons (Fsp3) is 0.429. The highest BCUT2D eigenvalue weighted by Gasteiger charge is 2.55. The summed E-state index contributed by atoms with van der Waals surface area (Å²) >= 11 is 0. The van der Waals surface area contributed by atoms with Crippen LogP contribution < -0.4 is 0 Å². The molecular formula is C21H29N3O3. The molecule has 0 aliphatic carbocycles. The Balaban J connectivity index is 0.000000478. The predicted octanol–water partition coefficient (Wildman–Crippen LogP) is 2.68. The molecule has 6 heteroatoms. The number of aromatic nitrogens is 1. The summed E-state index contributed by atoms with van der Waals surface area (Å²) in [5.41, 5.74) is 0.961. The Labute approximate surface area is 161 Å². The fourth-order valence-electron chi connectivity index (χ4n) is 3.80. The third-order valence-electron chi connectivity index (χ3n) is 4.74. The van der Waals surface area contributed by atoms with Crippen molar-refractivity contribution in [1.29, 1.82) is 0 Å². The summed E-state index contributed by atoms with van der Waals surface area (Å²) < 4.78 is 1.95. The molecule has 6 nitrogen and oxygen atoms in total. The topological polar surface area (TPSA) is 65.8 Å². The van der Waals surface area contributed by atoms with Crippen LogP contribution in [0.25, 0.3) is 0 Å². The van der Waals surface area contributed by atoms with Crippen LogP contribution >= 0.6 is 0 Å². The van der Waals surface area contributed by atoms with E-state index in [0.29, 0.717) is 25.3 Å². The van der Waals surface area contributed by atoms with Crippen LogP contribution in [0.1, 0.15) is 43.7 Å². The summed E-state index contributed by atoms with van der Waals surface area (Å²) in [7, 11) is 0. The van der Waals surface area contributed by atoms with Gasteiger partial charge in [-0.25, -0.2) is 0 Å². The third kappa shape index (κ3) is 3.49. The van der Waals surface area contributed by atoms with Crippen LogP contribution in [0.4, 0.5) is 0 Å². The Morgan fingerprint density at radius 2 is 1.74 bits per heavy atom. The highest BCUT2D eigenvalue weighted by Crippen LogP contribution is 2.42. The first kappa shape index (κ1) is 20.7. The molecule has 2 aliphatic heterocycles. The van der Waals surface area contributed by atoms with Gasteiger partial charge in [0.25, 0.3) is 5.91 Å². The van der Waals surface area contributed by atoms with E-state index in [-0.39, 0.29) is 18.4 Å². The molecule has 1 fully saturated rings.